The van der Waals surface area contributed by atoms with Gasteiger partial charge in [-0.1, -0.05) is 26.0 Å². The van der Waals surface area contributed by atoms with E-state index in [2.05, 4.69) is 5.32 Å². The maximum atomic E-state index is 12.5. The topological polar surface area (TPSA) is 58.6 Å². The lowest BCUT2D eigenvalue weighted by atomic mass is 10.3. The molecule has 6 heteroatoms. The first-order valence-corrected chi connectivity index (χ1v) is 8.15. The van der Waals surface area contributed by atoms with Gasteiger partial charge in [0, 0.05) is 19.6 Å². The monoisotopic (exact) mass is 300 g/mol. The number of sulfonamides is 1. The van der Waals surface area contributed by atoms with Gasteiger partial charge >= 0.3 is 0 Å². The number of anilines is 1. The lowest BCUT2D eigenvalue weighted by Crippen LogP contribution is -2.41. The van der Waals surface area contributed by atoms with Gasteiger partial charge in [-0.05, 0) is 19.1 Å². The Morgan fingerprint density at radius 2 is 1.85 bits per heavy atom. The highest BCUT2D eigenvalue weighted by molar-refractivity contribution is 7.93. The van der Waals surface area contributed by atoms with Crippen LogP contribution in [-0.2, 0) is 10.0 Å². The van der Waals surface area contributed by atoms with Crippen LogP contribution in [0.2, 0.25) is 0 Å². The molecule has 1 unspecified atom stereocenters. The van der Waals surface area contributed by atoms with Crippen molar-refractivity contribution in [3.8, 4) is 5.75 Å². The van der Waals surface area contributed by atoms with Gasteiger partial charge in [-0.15, -0.1) is 0 Å². The van der Waals surface area contributed by atoms with Crippen LogP contribution in [-0.4, -0.2) is 40.4 Å². The van der Waals surface area contributed by atoms with Crippen LogP contribution in [0.15, 0.2) is 24.3 Å². The number of nitrogens with one attached hydrogen (secondary N) is 1. The first-order chi connectivity index (χ1) is 9.30. The van der Waals surface area contributed by atoms with Crippen LogP contribution in [0.25, 0.3) is 0 Å². The van der Waals surface area contributed by atoms with E-state index < -0.39 is 15.3 Å². The fourth-order valence-electron chi connectivity index (χ4n) is 1.80. The van der Waals surface area contributed by atoms with Crippen LogP contribution in [0.3, 0.4) is 0 Å². The molecule has 1 aromatic rings. The van der Waals surface area contributed by atoms with E-state index in [1.165, 1.54) is 11.4 Å². The maximum Gasteiger partial charge on any atom is 0.238 e. The van der Waals surface area contributed by atoms with Crippen molar-refractivity contribution in [2.45, 2.75) is 32.1 Å². The Labute approximate surface area is 122 Å². The standard InChI is InChI=1S/C14H24N2O3S/c1-11(2)15-10-12(3)20(17,18)16(4)13-8-6-7-9-14(13)19-5/h6-9,11-12,15H,10H2,1-5H3. The average Bonchev–Trinajstić information content (AvgIpc) is 2.43. The average molecular weight is 300 g/mol. The summed E-state index contributed by atoms with van der Waals surface area (Å²) in [7, 11) is -0.344. The molecule has 0 amide bonds. The van der Waals surface area contributed by atoms with Crippen molar-refractivity contribution in [1.82, 2.24) is 5.32 Å². The van der Waals surface area contributed by atoms with Crippen molar-refractivity contribution in [2.24, 2.45) is 0 Å². The third-order valence-corrected chi connectivity index (χ3v) is 5.27. The van der Waals surface area contributed by atoms with Gasteiger partial charge in [-0.25, -0.2) is 8.42 Å². The smallest absolute Gasteiger partial charge is 0.238 e. The van der Waals surface area contributed by atoms with Crippen molar-refractivity contribution in [2.75, 3.05) is 25.0 Å². The molecule has 1 N–H and O–H groups in total. The second-order valence-electron chi connectivity index (χ2n) is 5.06. The van der Waals surface area contributed by atoms with Gasteiger partial charge in [0.05, 0.1) is 18.0 Å². The molecule has 20 heavy (non-hydrogen) atoms. The molecule has 1 rings (SSSR count). The molecule has 0 aliphatic rings. The minimum Gasteiger partial charge on any atom is -0.495 e. The molecule has 0 heterocycles. The van der Waals surface area contributed by atoms with Crippen LogP contribution in [0.5, 0.6) is 5.75 Å². The van der Waals surface area contributed by atoms with Crippen molar-refractivity contribution < 1.29 is 13.2 Å². The summed E-state index contributed by atoms with van der Waals surface area (Å²) in [6.45, 7) is 6.10. The van der Waals surface area contributed by atoms with E-state index in [-0.39, 0.29) is 6.04 Å². The fourth-order valence-corrected chi connectivity index (χ4v) is 3.08. The summed E-state index contributed by atoms with van der Waals surface area (Å²) in [5.74, 6) is 0.544. The summed E-state index contributed by atoms with van der Waals surface area (Å²) in [4.78, 5) is 0. The fraction of sp³-hybridized carbons (Fsp3) is 0.571. The molecule has 0 aliphatic heterocycles. The summed E-state index contributed by atoms with van der Waals surface area (Å²) in [6.07, 6.45) is 0. The van der Waals surface area contributed by atoms with Gasteiger partial charge in [0.1, 0.15) is 5.75 Å². The third kappa shape index (κ3) is 3.86. The van der Waals surface area contributed by atoms with Gasteiger partial charge in [0.2, 0.25) is 10.0 Å². The van der Waals surface area contributed by atoms with Gasteiger partial charge in [0.25, 0.3) is 0 Å². The number of hydrogen-bond donors (Lipinski definition) is 1. The maximum absolute atomic E-state index is 12.5. The zero-order valence-electron chi connectivity index (χ0n) is 12.8. The summed E-state index contributed by atoms with van der Waals surface area (Å²) in [6, 6.07) is 7.34. The van der Waals surface area contributed by atoms with E-state index in [1.807, 2.05) is 19.9 Å². The molecule has 0 saturated carbocycles. The predicted octanol–water partition coefficient (Wildman–Crippen LogP) is 1.85. The summed E-state index contributed by atoms with van der Waals surface area (Å²) in [5, 5.41) is 2.64. The van der Waals surface area contributed by atoms with E-state index in [4.69, 9.17) is 4.74 Å². The molecule has 0 fully saturated rings. The highest BCUT2D eigenvalue weighted by Gasteiger charge is 2.27. The summed E-state index contributed by atoms with van der Waals surface area (Å²) >= 11 is 0. The van der Waals surface area contributed by atoms with E-state index in [0.29, 0.717) is 18.0 Å². The quantitative estimate of drug-likeness (QED) is 0.835. The number of methoxy groups -OCH3 is 1. The normalized spacial score (nSPS) is 13.3. The second kappa shape index (κ2) is 6.95. The number of rotatable bonds is 7. The van der Waals surface area contributed by atoms with Gasteiger partial charge in [-0.2, -0.15) is 0 Å². The minimum atomic E-state index is -3.43. The van der Waals surface area contributed by atoms with Crippen LogP contribution in [0.1, 0.15) is 20.8 Å². The zero-order chi connectivity index (χ0) is 15.3. The van der Waals surface area contributed by atoms with Crippen molar-refractivity contribution in [1.29, 1.82) is 0 Å². The molecule has 0 bridgehead atoms. The Balaban J connectivity index is 2.96. The van der Waals surface area contributed by atoms with Gasteiger partial charge in [0.15, 0.2) is 0 Å². The number of nitrogens with zero attached hydrogens (tertiary/aromatic N) is 1. The predicted molar refractivity (Wildman–Crippen MR) is 82.9 cm³/mol. The zero-order valence-corrected chi connectivity index (χ0v) is 13.6. The molecule has 1 atom stereocenters. The van der Waals surface area contributed by atoms with Crippen LogP contribution >= 0.6 is 0 Å². The molecule has 5 nitrogen and oxygen atoms in total. The molecule has 0 saturated heterocycles. The van der Waals surface area contributed by atoms with Crippen molar-refractivity contribution in [3.05, 3.63) is 24.3 Å². The minimum absolute atomic E-state index is 0.254. The number of para-hydroxylation sites is 2. The van der Waals surface area contributed by atoms with E-state index >= 15 is 0 Å². The molecule has 0 spiro atoms. The first kappa shape index (κ1) is 16.8. The molecular formula is C14H24N2O3S. The SMILES string of the molecule is COc1ccccc1N(C)S(=O)(=O)C(C)CNC(C)C. The molecular weight excluding hydrogens is 276 g/mol. The van der Waals surface area contributed by atoms with Gasteiger partial charge < -0.3 is 10.1 Å². The second-order valence-corrected chi connectivity index (χ2v) is 7.44. The molecule has 1 aromatic carbocycles. The number of benzene rings is 1. The summed E-state index contributed by atoms with van der Waals surface area (Å²) in [5.41, 5.74) is 0.548. The number of hydrogen-bond acceptors (Lipinski definition) is 4. The lowest BCUT2D eigenvalue weighted by molar-refractivity contribution is 0.415. The Hall–Kier alpha value is -1.27. The third-order valence-electron chi connectivity index (χ3n) is 3.13. The Kier molecular flexibility index (Phi) is 5.83. The van der Waals surface area contributed by atoms with Gasteiger partial charge in [-0.3, -0.25) is 4.31 Å². The largest absolute Gasteiger partial charge is 0.495 e. The summed E-state index contributed by atoms with van der Waals surface area (Å²) < 4.78 is 31.6. The molecule has 0 aromatic heterocycles. The lowest BCUT2D eigenvalue weighted by Gasteiger charge is -2.25. The Bertz CT molecular complexity index is 529. The van der Waals surface area contributed by atoms with Crippen LogP contribution < -0.4 is 14.4 Å². The molecule has 114 valence electrons. The van der Waals surface area contributed by atoms with Crippen molar-refractivity contribution in [3.63, 3.8) is 0 Å². The highest BCUT2D eigenvalue weighted by Crippen LogP contribution is 2.29. The van der Waals surface area contributed by atoms with Crippen LogP contribution in [0, 0.1) is 0 Å². The van der Waals surface area contributed by atoms with Crippen LogP contribution in [0.4, 0.5) is 5.69 Å². The Morgan fingerprint density at radius 1 is 1.25 bits per heavy atom. The van der Waals surface area contributed by atoms with E-state index in [0.717, 1.165) is 0 Å². The molecule has 0 aliphatic carbocycles. The highest BCUT2D eigenvalue weighted by atomic mass is 32.2. The van der Waals surface area contributed by atoms with Crippen molar-refractivity contribution >= 4 is 15.7 Å². The molecule has 0 radical (unpaired) electrons. The van der Waals surface area contributed by atoms with E-state index in [1.54, 1.807) is 32.2 Å². The number of ether oxygens (including phenoxy) is 1. The Morgan fingerprint density at radius 3 is 2.40 bits per heavy atom. The first-order valence-electron chi connectivity index (χ1n) is 6.64. The van der Waals surface area contributed by atoms with E-state index in [9.17, 15) is 8.42 Å².